The third kappa shape index (κ3) is 2.33. The van der Waals surface area contributed by atoms with Gasteiger partial charge in [-0.1, -0.05) is 0 Å². The molecule has 0 heterocycles. The number of hydrogen-bond donors (Lipinski definition) is 3. The highest BCUT2D eigenvalue weighted by molar-refractivity contribution is 7.89. The Morgan fingerprint density at radius 3 is 2.56 bits per heavy atom. The molecule has 4 N–H and O–H groups in total. The van der Waals surface area contributed by atoms with Crippen LogP contribution in [-0.4, -0.2) is 25.7 Å². The zero-order chi connectivity index (χ0) is 13.4. The lowest BCUT2D eigenvalue weighted by atomic mass is 9.78. The summed E-state index contributed by atoms with van der Waals surface area (Å²) in [5, 5.41) is 9.23. The van der Waals surface area contributed by atoms with E-state index in [0.717, 1.165) is 24.6 Å². The van der Waals surface area contributed by atoms with Crippen molar-refractivity contribution < 1.29 is 17.9 Å². The van der Waals surface area contributed by atoms with E-state index in [9.17, 15) is 17.9 Å². The Bertz CT molecular complexity index is 550. The van der Waals surface area contributed by atoms with Gasteiger partial charge in [-0.25, -0.2) is 17.5 Å². The fourth-order valence-electron chi connectivity index (χ4n) is 1.93. The molecule has 1 aromatic rings. The Morgan fingerprint density at radius 2 is 2.11 bits per heavy atom. The third-order valence-electron chi connectivity index (χ3n) is 3.24. The van der Waals surface area contributed by atoms with E-state index in [0.29, 0.717) is 12.8 Å². The molecule has 0 aromatic heterocycles. The largest absolute Gasteiger partial charge is 0.396 e. The van der Waals surface area contributed by atoms with E-state index in [1.54, 1.807) is 0 Å². The summed E-state index contributed by atoms with van der Waals surface area (Å²) in [7, 11) is -3.79. The summed E-state index contributed by atoms with van der Waals surface area (Å²) < 4.78 is 39.6. The molecule has 5 nitrogen and oxygen atoms in total. The van der Waals surface area contributed by atoms with Crippen molar-refractivity contribution in [2.45, 2.75) is 29.7 Å². The molecule has 1 aromatic carbocycles. The number of rotatable bonds is 4. The quantitative estimate of drug-likeness (QED) is 0.701. The van der Waals surface area contributed by atoms with Crippen LogP contribution in [0.3, 0.4) is 0 Å². The number of benzene rings is 1. The monoisotopic (exact) mass is 274 g/mol. The number of anilines is 1. The van der Waals surface area contributed by atoms with E-state index < -0.39 is 21.4 Å². The zero-order valence-corrected chi connectivity index (χ0v) is 10.5. The highest BCUT2D eigenvalue weighted by Gasteiger charge is 2.40. The first kappa shape index (κ1) is 13.3. The zero-order valence-electron chi connectivity index (χ0n) is 9.69. The lowest BCUT2D eigenvalue weighted by Crippen LogP contribution is -2.55. The van der Waals surface area contributed by atoms with Crippen molar-refractivity contribution in [3.63, 3.8) is 0 Å². The van der Waals surface area contributed by atoms with E-state index in [4.69, 9.17) is 5.73 Å². The second-order valence-electron chi connectivity index (χ2n) is 4.58. The van der Waals surface area contributed by atoms with Gasteiger partial charge in [-0.05, 0) is 37.5 Å². The van der Waals surface area contributed by atoms with Crippen LogP contribution in [0.15, 0.2) is 23.1 Å². The maximum Gasteiger partial charge on any atom is 0.241 e. The summed E-state index contributed by atoms with van der Waals surface area (Å²) in [6, 6.07) is 3.23. The number of sulfonamides is 1. The van der Waals surface area contributed by atoms with Gasteiger partial charge in [0.2, 0.25) is 10.0 Å². The second-order valence-corrected chi connectivity index (χ2v) is 6.26. The van der Waals surface area contributed by atoms with E-state index in [1.165, 1.54) is 0 Å². The van der Waals surface area contributed by atoms with Crippen molar-refractivity contribution in [3.8, 4) is 0 Å². The maximum absolute atomic E-state index is 13.0. The van der Waals surface area contributed by atoms with E-state index in [1.807, 2.05) is 0 Å². The molecular weight excluding hydrogens is 259 g/mol. The van der Waals surface area contributed by atoms with E-state index in [2.05, 4.69) is 4.72 Å². The average Bonchev–Trinajstić information content (AvgIpc) is 2.27. The van der Waals surface area contributed by atoms with Crippen molar-refractivity contribution >= 4 is 15.7 Å². The molecule has 18 heavy (non-hydrogen) atoms. The summed E-state index contributed by atoms with van der Waals surface area (Å²) in [5.41, 5.74) is 4.35. The van der Waals surface area contributed by atoms with Gasteiger partial charge in [0.1, 0.15) is 5.82 Å². The molecule has 0 amide bonds. The number of hydrogen-bond acceptors (Lipinski definition) is 4. The minimum absolute atomic E-state index is 0.0962. The highest BCUT2D eigenvalue weighted by Crippen LogP contribution is 2.33. The summed E-state index contributed by atoms with van der Waals surface area (Å²) in [4.78, 5) is -0.0962. The van der Waals surface area contributed by atoms with E-state index in [-0.39, 0.29) is 17.2 Å². The van der Waals surface area contributed by atoms with Crippen molar-refractivity contribution in [3.05, 3.63) is 24.0 Å². The number of aliphatic hydroxyl groups excluding tert-OH is 1. The first-order valence-corrected chi connectivity index (χ1v) is 7.07. The summed E-state index contributed by atoms with van der Waals surface area (Å²) in [6.07, 6.45) is 2.06. The molecule has 1 saturated carbocycles. The lowest BCUT2D eigenvalue weighted by molar-refractivity contribution is 0.110. The van der Waals surface area contributed by atoms with Gasteiger partial charge in [-0.15, -0.1) is 0 Å². The number of nitrogen functional groups attached to an aromatic ring is 1. The van der Waals surface area contributed by atoms with Crippen molar-refractivity contribution in [1.82, 2.24) is 4.72 Å². The van der Waals surface area contributed by atoms with Crippen LogP contribution in [0.1, 0.15) is 19.3 Å². The molecular formula is C11H15FN2O3S. The van der Waals surface area contributed by atoms with Crippen LogP contribution in [0.25, 0.3) is 0 Å². The van der Waals surface area contributed by atoms with Gasteiger partial charge in [0.05, 0.1) is 22.7 Å². The molecule has 0 spiro atoms. The predicted molar refractivity (Wildman–Crippen MR) is 64.8 cm³/mol. The third-order valence-corrected chi connectivity index (χ3v) is 4.82. The summed E-state index contributed by atoms with van der Waals surface area (Å²) >= 11 is 0. The number of nitrogens with one attached hydrogen (secondary N) is 1. The highest BCUT2D eigenvalue weighted by atomic mass is 32.2. The predicted octanol–water partition coefficient (Wildman–Crippen LogP) is 0.601. The molecule has 100 valence electrons. The van der Waals surface area contributed by atoms with Crippen LogP contribution in [-0.2, 0) is 10.0 Å². The minimum atomic E-state index is -3.79. The lowest BCUT2D eigenvalue weighted by Gasteiger charge is -2.40. The van der Waals surface area contributed by atoms with Gasteiger partial charge >= 0.3 is 0 Å². The molecule has 1 fully saturated rings. The Balaban J connectivity index is 2.28. The fraction of sp³-hybridized carbons (Fsp3) is 0.455. The second kappa shape index (κ2) is 4.49. The van der Waals surface area contributed by atoms with Gasteiger partial charge in [0.15, 0.2) is 0 Å². The molecule has 0 aliphatic heterocycles. The smallest absolute Gasteiger partial charge is 0.241 e. The van der Waals surface area contributed by atoms with Crippen LogP contribution in [0.2, 0.25) is 0 Å². The molecule has 0 unspecified atom stereocenters. The normalized spacial score (nSPS) is 18.3. The molecule has 1 aliphatic rings. The SMILES string of the molecule is Nc1cc(S(=O)(=O)NC2(CO)CCC2)ccc1F. The summed E-state index contributed by atoms with van der Waals surface area (Å²) in [6.45, 7) is -0.247. The summed E-state index contributed by atoms with van der Waals surface area (Å²) in [5.74, 6) is -0.658. The van der Waals surface area contributed by atoms with Gasteiger partial charge in [-0.2, -0.15) is 0 Å². The number of aliphatic hydroxyl groups is 1. The first-order valence-electron chi connectivity index (χ1n) is 5.58. The van der Waals surface area contributed by atoms with Gasteiger partial charge in [0, 0.05) is 0 Å². The Labute approximate surface area is 105 Å². The van der Waals surface area contributed by atoms with Crippen LogP contribution < -0.4 is 10.5 Å². The fourth-order valence-corrected chi connectivity index (χ4v) is 3.41. The number of halogens is 1. The standard InChI is InChI=1S/C11H15FN2O3S/c12-9-3-2-8(6-10(9)13)18(16,17)14-11(7-15)4-1-5-11/h2-3,6,14-15H,1,4-5,7,13H2. The Hall–Kier alpha value is -1.18. The van der Waals surface area contributed by atoms with Crippen molar-refractivity contribution in [2.24, 2.45) is 0 Å². The first-order chi connectivity index (χ1) is 8.38. The van der Waals surface area contributed by atoms with Crippen LogP contribution >= 0.6 is 0 Å². The topological polar surface area (TPSA) is 92.4 Å². The molecule has 7 heteroatoms. The molecule has 0 atom stereocenters. The van der Waals surface area contributed by atoms with Crippen LogP contribution in [0, 0.1) is 5.82 Å². The molecule has 0 radical (unpaired) electrons. The maximum atomic E-state index is 13.0. The molecule has 2 rings (SSSR count). The van der Waals surface area contributed by atoms with Crippen molar-refractivity contribution in [2.75, 3.05) is 12.3 Å². The number of nitrogens with two attached hydrogens (primary N) is 1. The van der Waals surface area contributed by atoms with Gasteiger partial charge < -0.3 is 10.8 Å². The Kier molecular flexibility index (Phi) is 3.31. The molecule has 0 bridgehead atoms. The average molecular weight is 274 g/mol. The molecule has 0 saturated heterocycles. The van der Waals surface area contributed by atoms with Crippen LogP contribution in [0.4, 0.5) is 10.1 Å². The van der Waals surface area contributed by atoms with Gasteiger partial charge in [-0.3, -0.25) is 0 Å². The van der Waals surface area contributed by atoms with Crippen molar-refractivity contribution in [1.29, 1.82) is 0 Å². The van der Waals surface area contributed by atoms with E-state index >= 15 is 0 Å². The molecule has 1 aliphatic carbocycles. The van der Waals surface area contributed by atoms with Crippen LogP contribution in [0.5, 0.6) is 0 Å². The van der Waals surface area contributed by atoms with Gasteiger partial charge in [0.25, 0.3) is 0 Å². The Morgan fingerprint density at radius 1 is 1.44 bits per heavy atom. The minimum Gasteiger partial charge on any atom is -0.396 e.